The highest BCUT2D eigenvalue weighted by Crippen LogP contribution is 1.90. The van der Waals surface area contributed by atoms with Crippen molar-refractivity contribution in [2.45, 2.75) is 13.8 Å². The minimum absolute atomic E-state index is 0.302. The Morgan fingerprint density at radius 3 is 2.47 bits per heavy atom. The van der Waals surface area contributed by atoms with Crippen molar-refractivity contribution in [2.24, 2.45) is 16.6 Å². The van der Waals surface area contributed by atoms with E-state index in [-0.39, 0.29) is 0 Å². The first-order valence-corrected chi connectivity index (χ1v) is 6.69. The highest BCUT2D eigenvalue weighted by atomic mass is 32.2. The molecule has 0 bridgehead atoms. The Hall–Kier alpha value is -0.820. The van der Waals surface area contributed by atoms with Gasteiger partial charge in [-0.1, -0.05) is 13.8 Å². The number of hydrogen-bond acceptors (Lipinski definition) is 3. The van der Waals surface area contributed by atoms with Gasteiger partial charge in [0.05, 0.1) is 6.26 Å². The number of guanidine groups is 1. The standard InChI is InChI=1S/C8H20N4O2S/c1-7(2)6-11-8(9)10-4-5-12-15(3,13)14/h7,12H,4-6H2,1-3H3,(H3,9,10,11). The monoisotopic (exact) mass is 236 g/mol. The lowest BCUT2D eigenvalue weighted by Crippen LogP contribution is -2.38. The van der Waals surface area contributed by atoms with Gasteiger partial charge in [-0.3, -0.25) is 4.99 Å². The average molecular weight is 236 g/mol. The van der Waals surface area contributed by atoms with Crippen molar-refractivity contribution in [1.29, 1.82) is 0 Å². The van der Waals surface area contributed by atoms with E-state index in [2.05, 4.69) is 15.0 Å². The fraction of sp³-hybridized carbons (Fsp3) is 0.875. The van der Waals surface area contributed by atoms with E-state index in [0.717, 1.165) is 6.26 Å². The van der Waals surface area contributed by atoms with Crippen LogP contribution >= 0.6 is 0 Å². The molecule has 0 radical (unpaired) electrons. The molecule has 7 heteroatoms. The van der Waals surface area contributed by atoms with Crippen molar-refractivity contribution in [1.82, 2.24) is 10.0 Å². The zero-order valence-electron chi connectivity index (χ0n) is 9.45. The van der Waals surface area contributed by atoms with E-state index in [0.29, 0.717) is 31.5 Å². The molecule has 0 amide bonds. The Balaban J connectivity index is 3.64. The molecular weight excluding hydrogens is 216 g/mol. The minimum Gasteiger partial charge on any atom is -0.370 e. The second-order valence-corrected chi connectivity index (χ2v) is 5.55. The van der Waals surface area contributed by atoms with Gasteiger partial charge in [0.15, 0.2) is 5.96 Å². The topological polar surface area (TPSA) is 96.6 Å². The fourth-order valence-electron chi connectivity index (χ4n) is 0.764. The van der Waals surface area contributed by atoms with Crippen molar-refractivity contribution in [3.8, 4) is 0 Å². The third-order valence-corrected chi connectivity index (χ3v) is 2.15. The zero-order chi connectivity index (χ0) is 11.9. The summed E-state index contributed by atoms with van der Waals surface area (Å²) >= 11 is 0. The largest absolute Gasteiger partial charge is 0.370 e. The van der Waals surface area contributed by atoms with Crippen LogP contribution in [-0.4, -0.2) is 40.3 Å². The Kier molecular flexibility index (Phi) is 6.26. The lowest BCUT2D eigenvalue weighted by Gasteiger charge is -2.06. The van der Waals surface area contributed by atoms with Gasteiger partial charge < -0.3 is 11.1 Å². The summed E-state index contributed by atoms with van der Waals surface area (Å²) in [5, 5.41) is 2.81. The van der Waals surface area contributed by atoms with E-state index >= 15 is 0 Å². The quantitative estimate of drug-likeness (QED) is 0.316. The first-order valence-electron chi connectivity index (χ1n) is 4.79. The second-order valence-electron chi connectivity index (χ2n) is 3.71. The van der Waals surface area contributed by atoms with Gasteiger partial charge in [-0.2, -0.15) is 0 Å². The number of sulfonamides is 1. The minimum atomic E-state index is -3.12. The van der Waals surface area contributed by atoms with Gasteiger partial charge in [0.25, 0.3) is 0 Å². The highest BCUT2D eigenvalue weighted by Gasteiger charge is 1.98. The van der Waals surface area contributed by atoms with Gasteiger partial charge in [-0.05, 0) is 5.92 Å². The molecule has 0 aromatic carbocycles. The molecular formula is C8H20N4O2S. The number of hydrogen-bond donors (Lipinski definition) is 3. The molecule has 90 valence electrons. The van der Waals surface area contributed by atoms with Crippen LogP contribution in [0.15, 0.2) is 4.99 Å². The van der Waals surface area contributed by atoms with Gasteiger partial charge in [0.1, 0.15) is 0 Å². The number of nitrogens with one attached hydrogen (secondary N) is 2. The van der Waals surface area contributed by atoms with Gasteiger partial charge in [0.2, 0.25) is 10.0 Å². The summed E-state index contributed by atoms with van der Waals surface area (Å²) in [6.45, 7) is 5.49. The maximum Gasteiger partial charge on any atom is 0.208 e. The summed E-state index contributed by atoms with van der Waals surface area (Å²) < 4.78 is 23.7. The van der Waals surface area contributed by atoms with E-state index in [1.165, 1.54) is 0 Å². The third kappa shape index (κ3) is 11.1. The van der Waals surface area contributed by atoms with Gasteiger partial charge in [0, 0.05) is 19.6 Å². The predicted molar refractivity (Wildman–Crippen MR) is 62.2 cm³/mol. The fourth-order valence-corrected chi connectivity index (χ4v) is 1.24. The maximum atomic E-state index is 10.7. The molecule has 0 aliphatic rings. The molecule has 0 aromatic rings. The van der Waals surface area contributed by atoms with Crippen molar-refractivity contribution in [2.75, 3.05) is 25.9 Å². The van der Waals surface area contributed by atoms with E-state index in [1.54, 1.807) is 0 Å². The molecule has 0 fully saturated rings. The lowest BCUT2D eigenvalue weighted by atomic mass is 10.2. The van der Waals surface area contributed by atoms with Crippen LogP contribution in [0.25, 0.3) is 0 Å². The molecule has 0 spiro atoms. The molecule has 0 saturated carbocycles. The number of nitrogens with zero attached hydrogens (tertiary/aromatic N) is 1. The molecule has 0 atom stereocenters. The normalized spacial score (nSPS) is 13.2. The molecule has 0 aliphatic heterocycles. The summed E-state index contributed by atoms with van der Waals surface area (Å²) in [6, 6.07) is 0. The molecule has 4 N–H and O–H groups in total. The molecule has 0 rings (SSSR count). The van der Waals surface area contributed by atoms with Crippen LogP contribution in [0.3, 0.4) is 0 Å². The van der Waals surface area contributed by atoms with Crippen LogP contribution in [0.5, 0.6) is 0 Å². The molecule has 0 heterocycles. The Morgan fingerprint density at radius 2 is 2.00 bits per heavy atom. The summed E-state index contributed by atoms with van der Waals surface area (Å²) in [5.41, 5.74) is 5.53. The van der Waals surface area contributed by atoms with E-state index < -0.39 is 10.0 Å². The number of nitrogens with two attached hydrogens (primary N) is 1. The van der Waals surface area contributed by atoms with Crippen LogP contribution in [0.1, 0.15) is 13.8 Å². The molecule has 0 saturated heterocycles. The first kappa shape index (κ1) is 14.2. The third-order valence-electron chi connectivity index (χ3n) is 1.42. The van der Waals surface area contributed by atoms with Crippen molar-refractivity contribution < 1.29 is 8.42 Å². The van der Waals surface area contributed by atoms with Crippen LogP contribution in [-0.2, 0) is 10.0 Å². The van der Waals surface area contributed by atoms with Crippen LogP contribution in [0.4, 0.5) is 0 Å². The summed E-state index contributed by atoms with van der Waals surface area (Å²) in [6.07, 6.45) is 1.11. The zero-order valence-corrected chi connectivity index (χ0v) is 10.3. The number of rotatable bonds is 6. The summed E-state index contributed by atoms with van der Waals surface area (Å²) in [7, 11) is -3.12. The van der Waals surface area contributed by atoms with Crippen LogP contribution in [0, 0.1) is 5.92 Å². The van der Waals surface area contributed by atoms with Crippen LogP contribution in [0.2, 0.25) is 0 Å². The van der Waals surface area contributed by atoms with Crippen molar-refractivity contribution in [3.63, 3.8) is 0 Å². The summed E-state index contributed by atoms with van der Waals surface area (Å²) in [4.78, 5) is 4.06. The Morgan fingerprint density at radius 1 is 1.40 bits per heavy atom. The molecule has 0 aromatic heterocycles. The molecule has 6 nitrogen and oxygen atoms in total. The highest BCUT2D eigenvalue weighted by molar-refractivity contribution is 7.88. The van der Waals surface area contributed by atoms with E-state index in [1.807, 2.05) is 13.8 Å². The van der Waals surface area contributed by atoms with E-state index in [9.17, 15) is 8.42 Å². The smallest absolute Gasteiger partial charge is 0.208 e. The second kappa shape index (κ2) is 6.62. The van der Waals surface area contributed by atoms with Gasteiger partial charge in [-0.25, -0.2) is 13.1 Å². The van der Waals surface area contributed by atoms with Crippen molar-refractivity contribution in [3.05, 3.63) is 0 Å². The van der Waals surface area contributed by atoms with Gasteiger partial charge in [-0.15, -0.1) is 0 Å². The first-order chi connectivity index (χ1) is 6.81. The Bertz CT molecular complexity index is 298. The van der Waals surface area contributed by atoms with Gasteiger partial charge >= 0.3 is 0 Å². The predicted octanol–water partition coefficient (Wildman–Crippen LogP) is -0.904. The SMILES string of the molecule is CC(C)CN=C(N)NCCNS(C)(=O)=O. The molecule has 0 unspecified atom stereocenters. The molecule has 15 heavy (non-hydrogen) atoms. The lowest BCUT2D eigenvalue weighted by molar-refractivity contribution is 0.587. The maximum absolute atomic E-state index is 10.7. The van der Waals surface area contributed by atoms with Crippen molar-refractivity contribution >= 4 is 16.0 Å². The average Bonchev–Trinajstić information content (AvgIpc) is 2.07. The van der Waals surface area contributed by atoms with Crippen LogP contribution < -0.4 is 15.8 Å². The number of aliphatic imine (C=N–C) groups is 1. The Labute approximate surface area is 91.4 Å². The molecule has 0 aliphatic carbocycles. The summed E-state index contributed by atoms with van der Waals surface area (Å²) in [5.74, 6) is 0.804. The van der Waals surface area contributed by atoms with E-state index in [4.69, 9.17) is 5.73 Å².